The average molecular weight is 220 g/mol. The van der Waals surface area contributed by atoms with Gasteiger partial charge in [-0.05, 0) is 31.0 Å². The zero-order valence-corrected chi connectivity index (χ0v) is 9.97. The highest BCUT2D eigenvalue weighted by molar-refractivity contribution is 5.96. The maximum atomic E-state index is 13.0. The number of nitrogens with zero attached hydrogens (tertiary/aromatic N) is 1. The van der Waals surface area contributed by atoms with Crippen LogP contribution in [0.4, 0.5) is 4.39 Å². The molecule has 3 heteroatoms. The Hall–Kier alpha value is -1.64. The van der Waals surface area contributed by atoms with Gasteiger partial charge in [0.2, 0.25) is 0 Å². The lowest BCUT2D eigenvalue weighted by atomic mass is 10.1. The lowest BCUT2D eigenvalue weighted by Crippen LogP contribution is -2.17. The predicted octanol–water partition coefficient (Wildman–Crippen LogP) is 2.83. The van der Waals surface area contributed by atoms with Crippen LogP contribution in [0.2, 0.25) is 0 Å². The first-order valence-corrected chi connectivity index (χ1v) is 5.16. The summed E-state index contributed by atoms with van der Waals surface area (Å²) in [6, 6.07) is 5.07. The molecule has 0 aliphatic rings. The summed E-state index contributed by atoms with van der Waals surface area (Å²) in [6.45, 7) is 8.15. The number of aliphatic imine (C=N–C) groups is 1. The van der Waals surface area contributed by atoms with E-state index in [1.54, 1.807) is 20.0 Å². The maximum Gasteiger partial charge on any atom is 0.126 e. The van der Waals surface area contributed by atoms with E-state index in [1.807, 2.05) is 13.0 Å². The predicted molar refractivity (Wildman–Crippen MR) is 66.1 cm³/mol. The van der Waals surface area contributed by atoms with E-state index >= 15 is 0 Å². The Labute approximate surface area is 95.9 Å². The lowest BCUT2D eigenvalue weighted by Gasteiger charge is -2.09. The molecule has 0 aromatic heterocycles. The smallest absolute Gasteiger partial charge is 0.126 e. The summed E-state index contributed by atoms with van der Waals surface area (Å²) < 4.78 is 13.0. The molecular weight excluding hydrogens is 203 g/mol. The Kier molecular flexibility index (Phi) is 4.23. The normalized spacial score (nSPS) is 11.4. The van der Waals surface area contributed by atoms with E-state index in [9.17, 15) is 4.39 Å². The zero-order chi connectivity index (χ0) is 12.1. The van der Waals surface area contributed by atoms with Gasteiger partial charge in [-0.25, -0.2) is 4.39 Å². The molecule has 0 amide bonds. The SMILES string of the molecule is C=C(NCc1ccc(F)c(C)c1)C(C)=NC. The number of aryl methyl sites for hydroxylation is 1. The number of benzene rings is 1. The van der Waals surface area contributed by atoms with Gasteiger partial charge in [0.15, 0.2) is 0 Å². The van der Waals surface area contributed by atoms with Gasteiger partial charge in [-0.2, -0.15) is 0 Å². The molecule has 16 heavy (non-hydrogen) atoms. The van der Waals surface area contributed by atoms with Gasteiger partial charge in [0.05, 0.1) is 5.71 Å². The van der Waals surface area contributed by atoms with E-state index in [0.717, 1.165) is 17.0 Å². The minimum atomic E-state index is -0.172. The van der Waals surface area contributed by atoms with E-state index in [-0.39, 0.29) is 5.82 Å². The molecule has 1 aromatic rings. The van der Waals surface area contributed by atoms with Gasteiger partial charge in [0.25, 0.3) is 0 Å². The molecule has 0 saturated carbocycles. The number of hydrogen-bond acceptors (Lipinski definition) is 2. The molecule has 0 atom stereocenters. The van der Waals surface area contributed by atoms with Crippen LogP contribution >= 0.6 is 0 Å². The molecule has 0 bridgehead atoms. The largest absolute Gasteiger partial charge is 0.380 e. The van der Waals surface area contributed by atoms with Gasteiger partial charge < -0.3 is 5.32 Å². The van der Waals surface area contributed by atoms with E-state index in [1.165, 1.54) is 6.07 Å². The number of hydrogen-bond donors (Lipinski definition) is 1. The first-order valence-electron chi connectivity index (χ1n) is 5.16. The topological polar surface area (TPSA) is 24.4 Å². The molecule has 1 aromatic carbocycles. The minimum absolute atomic E-state index is 0.172. The van der Waals surface area contributed by atoms with Gasteiger partial charge in [0, 0.05) is 19.3 Å². The van der Waals surface area contributed by atoms with Crippen molar-refractivity contribution in [1.82, 2.24) is 5.32 Å². The molecular formula is C13H17FN2. The van der Waals surface area contributed by atoms with Crippen LogP contribution in [0, 0.1) is 12.7 Å². The fourth-order valence-corrected chi connectivity index (χ4v) is 1.29. The van der Waals surface area contributed by atoms with E-state index < -0.39 is 0 Å². The molecule has 86 valence electrons. The van der Waals surface area contributed by atoms with Crippen molar-refractivity contribution >= 4 is 5.71 Å². The minimum Gasteiger partial charge on any atom is -0.380 e. The van der Waals surface area contributed by atoms with Crippen LogP contribution in [-0.4, -0.2) is 12.8 Å². The highest BCUT2D eigenvalue weighted by atomic mass is 19.1. The zero-order valence-electron chi connectivity index (χ0n) is 9.97. The Morgan fingerprint density at radius 3 is 2.75 bits per heavy atom. The van der Waals surface area contributed by atoms with Crippen molar-refractivity contribution in [1.29, 1.82) is 0 Å². The summed E-state index contributed by atoms with van der Waals surface area (Å²) in [5.41, 5.74) is 3.36. The fraction of sp³-hybridized carbons (Fsp3) is 0.308. The van der Waals surface area contributed by atoms with Gasteiger partial charge >= 0.3 is 0 Å². The Balaban J connectivity index is 2.62. The molecule has 2 nitrogen and oxygen atoms in total. The van der Waals surface area contributed by atoms with Crippen molar-refractivity contribution in [3.05, 3.63) is 47.4 Å². The fourth-order valence-electron chi connectivity index (χ4n) is 1.29. The van der Waals surface area contributed by atoms with Crippen molar-refractivity contribution in [3.63, 3.8) is 0 Å². The van der Waals surface area contributed by atoms with Crippen LogP contribution in [0.1, 0.15) is 18.1 Å². The second-order valence-corrected chi connectivity index (χ2v) is 3.72. The van der Waals surface area contributed by atoms with Crippen molar-refractivity contribution < 1.29 is 4.39 Å². The number of rotatable bonds is 4. The van der Waals surface area contributed by atoms with Crippen LogP contribution in [0.5, 0.6) is 0 Å². The molecule has 0 radical (unpaired) electrons. The third kappa shape index (κ3) is 3.19. The molecule has 0 spiro atoms. The average Bonchev–Trinajstić information content (AvgIpc) is 2.29. The number of halogens is 1. The third-order valence-corrected chi connectivity index (χ3v) is 2.50. The highest BCUT2D eigenvalue weighted by Crippen LogP contribution is 2.09. The Morgan fingerprint density at radius 2 is 2.19 bits per heavy atom. The van der Waals surface area contributed by atoms with Gasteiger partial charge in [-0.3, -0.25) is 4.99 Å². The third-order valence-electron chi connectivity index (χ3n) is 2.50. The summed E-state index contributed by atoms with van der Waals surface area (Å²) in [6.07, 6.45) is 0. The summed E-state index contributed by atoms with van der Waals surface area (Å²) in [7, 11) is 1.73. The van der Waals surface area contributed by atoms with E-state index in [0.29, 0.717) is 12.1 Å². The molecule has 0 aliphatic heterocycles. The molecule has 0 saturated heterocycles. The number of allylic oxidation sites excluding steroid dienone is 1. The van der Waals surface area contributed by atoms with Crippen LogP contribution in [0.15, 0.2) is 35.5 Å². The highest BCUT2D eigenvalue weighted by Gasteiger charge is 2.00. The van der Waals surface area contributed by atoms with Crippen LogP contribution < -0.4 is 5.32 Å². The van der Waals surface area contributed by atoms with Crippen molar-refractivity contribution in [3.8, 4) is 0 Å². The molecule has 1 N–H and O–H groups in total. The van der Waals surface area contributed by atoms with E-state index in [2.05, 4.69) is 16.9 Å². The second-order valence-electron chi connectivity index (χ2n) is 3.72. The van der Waals surface area contributed by atoms with Crippen molar-refractivity contribution in [2.24, 2.45) is 4.99 Å². The molecule has 0 heterocycles. The Morgan fingerprint density at radius 1 is 1.50 bits per heavy atom. The summed E-state index contributed by atoms with van der Waals surface area (Å²) >= 11 is 0. The van der Waals surface area contributed by atoms with Crippen molar-refractivity contribution in [2.45, 2.75) is 20.4 Å². The summed E-state index contributed by atoms with van der Waals surface area (Å²) in [4.78, 5) is 4.03. The van der Waals surface area contributed by atoms with Gasteiger partial charge in [-0.15, -0.1) is 0 Å². The molecule has 0 unspecified atom stereocenters. The summed E-state index contributed by atoms with van der Waals surface area (Å²) in [5, 5.41) is 3.15. The summed E-state index contributed by atoms with van der Waals surface area (Å²) in [5.74, 6) is -0.172. The van der Waals surface area contributed by atoms with Crippen LogP contribution in [0.3, 0.4) is 0 Å². The number of nitrogens with one attached hydrogen (secondary N) is 1. The Bertz CT molecular complexity index is 422. The second kappa shape index (κ2) is 5.45. The maximum absolute atomic E-state index is 13.0. The molecule has 0 aliphatic carbocycles. The molecule has 1 rings (SSSR count). The van der Waals surface area contributed by atoms with Crippen LogP contribution in [-0.2, 0) is 6.54 Å². The lowest BCUT2D eigenvalue weighted by molar-refractivity contribution is 0.617. The van der Waals surface area contributed by atoms with Gasteiger partial charge in [-0.1, -0.05) is 18.7 Å². The van der Waals surface area contributed by atoms with Crippen molar-refractivity contribution in [2.75, 3.05) is 7.05 Å². The quantitative estimate of drug-likeness (QED) is 0.775. The van der Waals surface area contributed by atoms with Crippen LogP contribution in [0.25, 0.3) is 0 Å². The monoisotopic (exact) mass is 220 g/mol. The van der Waals surface area contributed by atoms with E-state index in [4.69, 9.17) is 0 Å². The molecule has 0 fully saturated rings. The first kappa shape index (κ1) is 12.4. The standard InChI is InChI=1S/C13H17FN2/c1-9-7-12(5-6-13(9)14)8-16-11(3)10(2)15-4/h5-7,16H,3,8H2,1-2,4H3. The first-order chi connectivity index (χ1) is 7.54. The van der Waals surface area contributed by atoms with Gasteiger partial charge in [0.1, 0.15) is 5.82 Å².